The molecular formula is C12H14BrFO3. The van der Waals surface area contributed by atoms with Crippen molar-refractivity contribution >= 4 is 15.9 Å². The van der Waals surface area contributed by atoms with E-state index in [0.29, 0.717) is 13.0 Å². The van der Waals surface area contributed by atoms with Crippen LogP contribution in [0.3, 0.4) is 0 Å². The summed E-state index contributed by atoms with van der Waals surface area (Å²) in [6.07, 6.45) is -0.696. The van der Waals surface area contributed by atoms with Crippen LogP contribution in [-0.4, -0.2) is 30.0 Å². The van der Waals surface area contributed by atoms with Gasteiger partial charge in [-0.15, -0.1) is 0 Å². The lowest BCUT2D eigenvalue weighted by molar-refractivity contribution is -0.161. The quantitative estimate of drug-likeness (QED) is 0.929. The minimum absolute atomic E-state index is 0.181. The normalized spacial score (nSPS) is 27.6. The van der Waals surface area contributed by atoms with Gasteiger partial charge < -0.3 is 14.6 Å². The van der Waals surface area contributed by atoms with E-state index >= 15 is 0 Å². The molecule has 1 aromatic carbocycles. The van der Waals surface area contributed by atoms with Gasteiger partial charge in [-0.3, -0.25) is 0 Å². The predicted molar refractivity (Wildman–Crippen MR) is 64.6 cm³/mol. The second-order valence-corrected chi connectivity index (χ2v) is 4.87. The standard InChI is InChI=1S/C12H14BrFO3/c1-2-16-12-9(15)6-11(12)17-10-5-7(13)3-4-8(10)14/h3-5,9,11-12,15H,2,6H2,1H3. The Morgan fingerprint density at radius 3 is 2.94 bits per heavy atom. The van der Waals surface area contributed by atoms with Crippen molar-refractivity contribution in [3.8, 4) is 5.75 Å². The van der Waals surface area contributed by atoms with Crippen molar-refractivity contribution in [3.05, 3.63) is 28.5 Å². The molecule has 0 saturated heterocycles. The molecule has 2 rings (SSSR count). The number of hydrogen-bond acceptors (Lipinski definition) is 3. The summed E-state index contributed by atoms with van der Waals surface area (Å²) in [6, 6.07) is 4.52. The highest BCUT2D eigenvalue weighted by Crippen LogP contribution is 2.31. The Kier molecular flexibility index (Phi) is 4.01. The first kappa shape index (κ1) is 12.8. The molecule has 0 aromatic heterocycles. The van der Waals surface area contributed by atoms with Crippen molar-refractivity contribution in [2.45, 2.75) is 31.7 Å². The van der Waals surface area contributed by atoms with Gasteiger partial charge in [0.25, 0.3) is 0 Å². The highest BCUT2D eigenvalue weighted by atomic mass is 79.9. The third kappa shape index (κ3) is 2.78. The van der Waals surface area contributed by atoms with Gasteiger partial charge >= 0.3 is 0 Å². The van der Waals surface area contributed by atoms with E-state index in [1.54, 1.807) is 12.1 Å². The second-order valence-electron chi connectivity index (χ2n) is 3.95. The maximum Gasteiger partial charge on any atom is 0.165 e. The molecule has 0 bridgehead atoms. The van der Waals surface area contributed by atoms with Crippen LogP contribution in [0.1, 0.15) is 13.3 Å². The highest BCUT2D eigenvalue weighted by Gasteiger charge is 2.43. The first-order chi connectivity index (χ1) is 8.11. The van der Waals surface area contributed by atoms with Crippen molar-refractivity contribution < 1.29 is 19.0 Å². The third-order valence-corrected chi connectivity index (χ3v) is 3.24. The number of halogens is 2. The van der Waals surface area contributed by atoms with Crippen molar-refractivity contribution in [1.29, 1.82) is 0 Å². The van der Waals surface area contributed by atoms with Crippen molar-refractivity contribution in [1.82, 2.24) is 0 Å². The number of aliphatic hydroxyl groups is 1. The summed E-state index contributed by atoms with van der Waals surface area (Å²) in [7, 11) is 0. The lowest BCUT2D eigenvalue weighted by atomic mass is 9.88. The zero-order valence-electron chi connectivity index (χ0n) is 9.40. The van der Waals surface area contributed by atoms with E-state index < -0.39 is 11.9 Å². The molecule has 0 amide bonds. The smallest absolute Gasteiger partial charge is 0.165 e. The molecule has 5 heteroatoms. The molecule has 1 N–H and O–H groups in total. The Hall–Kier alpha value is -0.650. The Morgan fingerprint density at radius 2 is 2.29 bits per heavy atom. The molecule has 17 heavy (non-hydrogen) atoms. The fraction of sp³-hybridized carbons (Fsp3) is 0.500. The molecule has 3 unspecified atom stereocenters. The van der Waals surface area contributed by atoms with E-state index in [1.165, 1.54) is 6.07 Å². The van der Waals surface area contributed by atoms with E-state index in [9.17, 15) is 9.50 Å². The Bertz CT molecular complexity index is 399. The molecule has 0 heterocycles. The van der Waals surface area contributed by atoms with Crippen molar-refractivity contribution in [2.75, 3.05) is 6.61 Å². The first-order valence-corrected chi connectivity index (χ1v) is 6.32. The van der Waals surface area contributed by atoms with E-state index in [-0.39, 0.29) is 18.0 Å². The lowest BCUT2D eigenvalue weighted by Crippen LogP contribution is -2.55. The van der Waals surface area contributed by atoms with E-state index in [1.807, 2.05) is 6.92 Å². The van der Waals surface area contributed by atoms with Gasteiger partial charge in [0.15, 0.2) is 11.6 Å². The van der Waals surface area contributed by atoms with Gasteiger partial charge in [-0.05, 0) is 25.1 Å². The predicted octanol–water partition coefficient (Wildman–Crippen LogP) is 2.51. The molecule has 3 nitrogen and oxygen atoms in total. The summed E-state index contributed by atoms with van der Waals surface area (Å²) in [4.78, 5) is 0. The maximum absolute atomic E-state index is 13.5. The third-order valence-electron chi connectivity index (χ3n) is 2.75. The topological polar surface area (TPSA) is 38.7 Å². The molecule has 0 spiro atoms. The zero-order chi connectivity index (χ0) is 12.4. The summed E-state index contributed by atoms with van der Waals surface area (Å²) in [5.41, 5.74) is 0. The molecule has 1 aliphatic carbocycles. The van der Waals surface area contributed by atoms with Crippen LogP contribution >= 0.6 is 15.9 Å². The Balaban J connectivity index is 2.03. The van der Waals surface area contributed by atoms with Gasteiger partial charge in [-0.25, -0.2) is 4.39 Å². The molecule has 1 saturated carbocycles. The Morgan fingerprint density at radius 1 is 1.53 bits per heavy atom. The van der Waals surface area contributed by atoms with Crippen LogP contribution in [0.5, 0.6) is 5.75 Å². The second kappa shape index (κ2) is 5.33. The summed E-state index contributed by atoms with van der Waals surface area (Å²) in [5, 5.41) is 9.50. The number of hydrogen-bond donors (Lipinski definition) is 1. The van der Waals surface area contributed by atoms with Crippen LogP contribution in [-0.2, 0) is 4.74 Å². The van der Waals surface area contributed by atoms with Crippen LogP contribution in [0.25, 0.3) is 0 Å². The van der Waals surface area contributed by atoms with Crippen molar-refractivity contribution in [2.24, 2.45) is 0 Å². The van der Waals surface area contributed by atoms with Gasteiger partial charge in [0.1, 0.15) is 12.2 Å². The molecule has 3 atom stereocenters. The number of aliphatic hydroxyl groups excluding tert-OH is 1. The number of benzene rings is 1. The lowest BCUT2D eigenvalue weighted by Gasteiger charge is -2.40. The van der Waals surface area contributed by atoms with E-state index in [0.717, 1.165) is 4.47 Å². The molecule has 1 aliphatic rings. The SMILES string of the molecule is CCOC1C(O)CC1Oc1cc(Br)ccc1F. The summed E-state index contributed by atoms with van der Waals surface area (Å²) >= 11 is 3.26. The largest absolute Gasteiger partial charge is 0.484 e. The summed E-state index contributed by atoms with van der Waals surface area (Å²) < 4.78 is 25.0. The highest BCUT2D eigenvalue weighted by molar-refractivity contribution is 9.10. The molecule has 0 radical (unpaired) electrons. The monoisotopic (exact) mass is 304 g/mol. The van der Waals surface area contributed by atoms with E-state index in [4.69, 9.17) is 9.47 Å². The average molecular weight is 305 g/mol. The van der Waals surface area contributed by atoms with Gasteiger partial charge in [-0.2, -0.15) is 0 Å². The van der Waals surface area contributed by atoms with Crippen LogP contribution in [0, 0.1) is 5.82 Å². The van der Waals surface area contributed by atoms with Gasteiger partial charge in [0.2, 0.25) is 0 Å². The zero-order valence-corrected chi connectivity index (χ0v) is 11.0. The van der Waals surface area contributed by atoms with Gasteiger partial charge in [0.05, 0.1) is 6.10 Å². The minimum atomic E-state index is -0.518. The van der Waals surface area contributed by atoms with Crippen molar-refractivity contribution in [3.63, 3.8) is 0 Å². The van der Waals surface area contributed by atoms with E-state index in [2.05, 4.69) is 15.9 Å². The summed E-state index contributed by atoms with van der Waals surface area (Å²) in [6.45, 7) is 2.35. The fourth-order valence-corrected chi connectivity index (χ4v) is 2.15. The summed E-state index contributed by atoms with van der Waals surface area (Å²) in [5.74, 6) is -0.231. The Labute approximate surface area is 108 Å². The number of rotatable bonds is 4. The van der Waals surface area contributed by atoms with Crippen LogP contribution in [0.4, 0.5) is 4.39 Å². The first-order valence-electron chi connectivity index (χ1n) is 5.53. The fourth-order valence-electron chi connectivity index (χ4n) is 1.81. The van der Waals surface area contributed by atoms with Crippen LogP contribution < -0.4 is 4.74 Å². The average Bonchev–Trinajstić information content (AvgIpc) is 2.30. The minimum Gasteiger partial charge on any atom is -0.484 e. The molecule has 1 fully saturated rings. The van der Waals surface area contributed by atoms with Crippen LogP contribution in [0.15, 0.2) is 22.7 Å². The molecular weight excluding hydrogens is 291 g/mol. The molecule has 0 aliphatic heterocycles. The van der Waals surface area contributed by atoms with Crippen LogP contribution in [0.2, 0.25) is 0 Å². The maximum atomic E-state index is 13.5. The molecule has 1 aromatic rings. The molecule has 94 valence electrons. The number of ether oxygens (including phenoxy) is 2. The van der Waals surface area contributed by atoms with Gasteiger partial charge in [-0.1, -0.05) is 15.9 Å². The van der Waals surface area contributed by atoms with Gasteiger partial charge in [0, 0.05) is 17.5 Å².